The molecule has 1 aromatic heterocycles. The molecule has 0 fully saturated rings. The van der Waals surface area contributed by atoms with Crippen LogP contribution in [0.5, 0.6) is 11.6 Å². The van der Waals surface area contributed by atoms with Crippen molar-refractivity contribution in [2.75, 3.05) is 5.73 Å². The van der Waals surface area contributed by atoms with E-state index in [4.69, 9.17) is 10.5 Å². The molecule has 0 saturated heterocycles. The average Bonchev–Trinajstić information content (AvgIpc) is 2.42. The predicted octanol–water partition coefficient (Wildman–Crippen LogP) is 3.92. The predicted molar refractivity (Wildman–Crippen MR) is 77.4 cm³/mol. The number of hydrogen-bond acceptors (Lipinski definition) is 3. The Balaban J connectivity index is 2.06. The molecule has 0 amide bonds. The van der Waals surface area contributed by atoms with Crippen LogP contribution in [-0.4, -0.2) is 4.98 Å². The Hall–Kier alpha value is -2.55. The van der Waals surface area contributed by atoms with Crippen molar-refractivity contribution < 1.29 is 4.74 Å². The first-order valence-corrected chi connectivity index (χ1v) is 6.13. The van der Waals surface area contributed by atoms with Gasteiger partial charge in [0.25, 0.3) is 0 Å². The molecule has 0 aliphatic carbocycles. The number of nitrogens with two attached hydrogens (primary N) is 1. The summed E-state index contributed by atoms with van der Waals surface area (Å²) in [5, 5.41) is 1.10. The Kier molecular flexibility index (Phi) is 2.80. The minimum absolute atomic E-state index is 0.594. The van der Waals surface area contributed by atoms with Crippen LogP contribution in [0.1, 0.15) is 5.56 Å². The Morgan fingerprint density at radius 2 is 1.74 bits per heavy atom. The van der Waals surface area contributed by atoms with Gasteiger partial charge < -0.3 is 10.5 Å². The topological polar surface area (TPSA) is 48.1 Å². The summed E-state index contributed by atoms with van der Waals surface area (Å²) in [5.74, 6) is 1.23. The smallest absolute Gasteiger partial charge is 0.222 e. The van der Waals surface area contributed by atoms with E-state index in [0.29, 0.717) is 17.3 Å². The lowest BCUT2D eigenvalue weighted by atomic mass is 10.2. The van der Waals surface area contributed by atoms with E-state index in [1.807, 2.05) is 55.5 Å². The van der Waals surface area contributed by atoms with Crippen molar-refractivity contribution in [2.45, 2.75) is 6.92 Å². The highest BCUT2D eigenvalue weighted by atomic mass is 16.5. The zero-order chi connectivity index (χ0) is 13.2. The second-order valence-electron chi connectivity index (χ2n) is 4.44. The zero-order valence-corrected chi connectivity index (χ0v) is 10.6. The van der Waals surface area contributed by atoms with Gasteiger partial charge >= 0.3 is 0 Å². The molecule has 0 aliphatic heterocycles. The Morgan fingerprint density at radius 3 is 2.58 bits per heavy atom. The monoisotopic (exact) mass is 250 g/mol. The number of ether oxygens (including phenoxy) is 1. The highest BCUT2D eigenvalue weighted by Crippen LogP contribution is 2.29. The van der Waals surface area contributed by atoms with Crippen LogP contribution < -0.4 is 10.5 Å². The fourth-order valence-corrected chi connectivity index (χ4v) is 1.98. The zero-order valence-electron chi connectivity index (χ0n) is 10.6. The molecule has 3 nitrogen and oxygen atoms in total. The maximum Gasteiger partial charge on any atom is 0.222 e. The largest absolute Gasteiger partial charge is 0.437 e. The second-order valence-corrected chi connectivity index (χ2v) is 4.44. The molecule has 3 heteroatoms. The number of anilines is 1. The molecule has 2 N–H and O–H groups in total. The van der Waals surface area contributed by atoms with E-state index in [1.54, 1.807) is 0 Å². The molecule has 0 radical (unpaired) electrons. The number of aromatic nitrogens is 1. The molecular weight excluding hydrogens is 236 g/mol. The summed E-state index contributed by atoms with van der Waals surface area (Å²) in [4.78, 5) is 4.53. The number of fused-ring (bicyclic) bond motifs is 1. The van der Waals surface area contributed by atoms with E-state index in [0.717, 1.165) is 16.5 Å². The summed E-state index contributed by atoms with van der Waals surface area (Å²) >= 11 is 0. The van der Waals surface area contributed by atoms with Gasteiger partial charge in [-0.25, -0.2) is 4.98 Å². The first kappa shape index (κ1) is 11.5. The van der Waals surface area contributed by atoms with Gasteiger partial charge in [0.05, 0.1) is 11.2 Å². The third kappa shape index (κ3) is 2.22. The van der Waals surface area contributed by atoms with Gasteiger partial charge in [-0.05, 0) is 31.2 Å². The summed E-state index contributed by atoms with van der Waals surface area (Å²) in [6.07, 6.45) is 0. The van der Waals surface area contributed by atoms with Gasteiger partial charge in [-0.1, -0.05) is 30.3 Å². The van der Waals surface area contributed by atoms with Crippen molar-refractivity contribution in [2.24, 2.45) is 0 Å². The van der Waals surface area contributed by atoms with E-state index in [9.17, 15) is 0 Å². The lowest BCUT2D eigenvalue weighted by Gasteiger charge is -2.10. The summed E-state index contributed by atoms with van der Waals surface area (Å²) < 4.78 is 5.81. The fourth-order valence-electron chi connectivity index (χ4n) is 1.98. The number of nitrogens with zero attached hydrogens (tertiary/aromatic N) is 1. The van der Waals surface area contributed by atoms with Gasteiger partial charge in [-0.3, -0.25) is 0 Å². The molecule has 0 saturated carbocycles. The maximum absolute atomic E-state index is 5.88. The van der Waals surface area contributed by atoms with Crippen molar-refractivity contribution in [3.8, 4) is 11.6 Å². The molecule has 0 aliphatic rings. The first-order chi connectivity index (χ1) is 9.24. The highest BCUT2D eigenvalue weighted by Gasteiger charge is 2.07. The van der Waals surface area contributed by atoms with E-state index in [1.165, 1.54) is 0 Å². The summed E-state index contributed by atoms with van der Waals surface area (Å²) in [7, 11) is 0. The van der Waals surface area contributed by atoms with Crippen molar-refractivity contribution in [3.05, 3.63) is 60.2 Å². The van der Waals surface area contributed by atoms with Gasteiger partial charge in [-0.2, -0.15) is 0 Å². The van der Waals surface area contributed by atoms with E-state index < -0.39 is 0 Å². The van der Waals surface area contributed by atoms with Gasteiger partial charge in [0.1, 0.15) is 0 Å². The van der Waals surface area contributed by atoms with Gasteiger partial charge in [-0.15, -0.1) is 0 Å². The van der Waals surface area contributed by atoms with Crippen molar-refractivity contribution >= 4 is 16.6 Å². The average molecular weight is 250 g/mol. The Bertz CT molecular complexity index is 738. The van der Waals surface area contributed by atoms with Crippen LogP contribution >= 0.6 is 0 Å². The maximum atomic E-state index is 5.88. The van der Waals surface area contributed by atoms with Crippen LogP contribution in [0.4, 0.5) is 5.69 Å². The lowest BCUT2D eigenvalue weighted by molar-refractivity contribution is 0.463. The molecule has 1 heterocycles. The number of benzene rings is 2. The highest BCUT2D eigenvalue weighted by molar-refractivity contribution is 5.80. The molecule has 0 unspecified atom stereocenters. The molecule has 0 bridgehead atoms. The van der Waals surface area contributed by atoms with Crippen molar-refractivity contribution in [1.29, 1.82) is 0 Å². The summed E-state index contributed by atoms with van der Waals surface area (Å²) in [5.41, 5.74) is 8.39. The molecule has 19 heavy (non-hydrogen) atoms. The number of rotatable bonds is 2. The summed E-state index contributed by atoms with van der Waals surface area (Å²) in [6.45, 7) is 1.98. The molecule has 0 spiro atoms. The minimum Gasteiger partial charge on any atom is -0.437 e. The third-order valence-corrected chi connectivity index (χ3v) is 2.99. The van der Waals surface area contributed by atoms with Crippen molar-refractivity contribution in [1.82, 2.24) is 4.98 Å². The fraction of sp³-hybridized carbons (Fsp3) is 0.0625. The van der Waals surface area contributed by atoms with E-state index >= 15 is 0 Å². The quantitative estimate of drug-likeness (QED) is 0.701. The Morgan fingerprint density at radius 1 is 1.00 bits per heavy atom. The van der Waals surface area contributed by atoms with Crippen LogP contribution in [0.2, 0.25) is 0 Å². The normalized spacial score (nSPS) is 10.6. The lowest BCUT2D eigenvalue weighted by Crippen LogP contribution is -1.95. The molecular formula is C16H14N2O. The van der Waals surface area contributed by atoms with Gasteiger partial charge in [0.2, 0.25) is 5.88 Å². The van der Waals surface area contributed by atoms with Crippen molar-refractivity contribution in [3.63, 3.8) is 0 Å². The molecule has 2 aromatic carbocycles. The molecule has 0 atom stereocenters. The molecule has 94 valence electrons. The Labute approximate surface area is 111 Å². The first-order valence-electron chi connectivity index (χ1n) is 6.13. The standard InChI is InChI=1S/C16H14N2O/c1-11-10-12-6-2-4-8-14(12)18-16(11)19-15-9-5-3-7-13(15)17/h2-10H,17H2,1H3. The number of para-hydroxylation sites is 3. The second kappa shape index (κ2) is 4.61. The van der Waals surface area contributed by atoms with Crippen LogP contribution in [0, 0.1) is 6.92 Å². The van der Waals surface area contributed by atoms with Crippen LogP contribution in [0.15, 0.2) is 54.6 Å². The summed E-state index contributed by atoms with van der Waals surface area (Å²) in [6, 6.07) is 17.5. The third-order valence-electron chi connectivity index (χ3n) is 2.99. The number of aryl methyl sites for hydroxylation is 1. The number of hydrogen-bond donors (Lipinski definition) is 1. The van der Waals surface area contributed by atoms with Gasteiger partial charge in [0.15, 0.2) is 5.75 Å². The van der Waals surface area contributed by atoms with E-state index in [-0.39, 0.29) is 0 Å². The van der Waals surface area contributed by atoms with E-state index in [2.05, 4.69) is 11.1 Å². The molecule has 3 aromatic rings. The molecule has 3 rings (SSSR count). The van der Waals surface area contributed by atoms with Crippen LogP contribution in [0.25, 0.3) is 10.9 Å². The van der Waals surface area contributed by atoms with Crippen LogP contribution in [-0.2, 0) is 0 Å². The minimum atomic E-state index is 0.594. The van der Waals surface area contributed by atoms with Gasteiger partial charge in [0, 0.05) is 10.9 Å². The number of nitrogen functional groups attached to an aromatic ring is 1. The van der Waals surface area contributed by atoms with Crippen LogP contribution in [0.3, 0.4) is 0 Å². The SMILES string of the molecule is Cc1cc2ccccc2nc1Oc1ccccc1N. The number of pyridine rings is 1.